The van der Waals surface area contributed by atoms with Crippen LogP contribution in [0.1, 0.15) is 44.7 Å². The van der Waals surface area contributed by atoms with Gasteiger partial charge in [0.2, 0.25) is 0 Å². The molecule has 2 fully saturated rings. The van der Waals surface area contributed by atoms with E-state index in [4.69, 9.17) is 17.7 Å². The number of carboxylic acids is 1. The van der Waals surface area contributed by atoms with Gasteiger partial charge in [0, 0.05) is 42.4 Å². The van der Waals surface area contributed by atoms with Crippen LogP contribution in [-0.4, -0.2) is 64.1 Å². The molecule has 0 amide bonds. The van der Waals surface area contributed by atoms with Crippen LogP contribution in [0.15, 0.2) is 35.9 Å². The molecule has 0 spiro atoms. The Bertz CT molecular complexity index is 809. The lowest BCUT2D eigenvalue weighted by molar-refractivity contribution is -0.138. The molecule has 2 aliphatic rings. The standard InChI is InChI=1S/C23H31FN2O3S/c1-15(2)25(14-21(27)28)11-9-17-13-26(12-10-20(17)30)22(23(29)16-7-8-16)18-5-3-4-6-19(18)24/h3-6,9,15-16,20,22,30H,7-8,10-14H2,1-2H3,(H,27,28)/b17-9+. The quantitative estimate of drug-likeness (QED) is 0.460. The van der Waals surface area contributed by atoms with Crippen LogP contribution in [0.3, 0.4) is 0 Å². The second-order valence-electron chi connectivity index (χ2n) is 8.57. The summed E-state index contributed by atoms with van der Waals surface area (Å²) in [5.41, 5.74) is 1.51. The van der Waals surface area contributed by atoms with Gasteiger partial charge in [0.15, 0.2) is 5.78 Å². The van der Waals surface area contributed by atoms with E-state index in [9.17, 15) is 14.0 Å². The summed E-state index contributed by atoms with van der Waals surface area (Å²) >= 11 is 4.71. The van der Waals surface area contributed by atoms with Crippen LogP contribution in [0.2, 0.25) is 0 Å². The van der Waals surface area contributed by atoms with E-state index < -0.39 is 12.0 Å². The zero-order valence-electron chi connectivity index (χ0n) is 17.6. The lowest BCUT2D eigenvalue weighted by atomic mass is 9.93. The Morgan fingerprint density at radius 1 is 1.30 bits per heavy atom. The van der Waals surface area contributed by atoms with Gasteiger partial charge in [-0.1, -0.05) is 24.3 Å². The predicted molar refractivity (Wildman–Crippen MR) is 118 cm³/mol. The second-order valence-corrected chi connectivity index (χ2v) is 9.19. The third-order valence-corrected chi connectivity index (χ3v) is 6.56. The van der Waals surface area contributed by atoms with Crippen LogP contribution in [0, 0.1) is 11.7 Å². The van der Waals surface area contributed by atoms with Crippen molar-refractivity contribution >= 4 is 24.4 Å². The number of benzene rings is 1. The second kappa shape index (κ2) is 10.1. The molecule has 3 rings (SSSR count). The lowest BCUT2D eigenvalue weighted by Gasteiger charge is -2.38. The van der Waals surface area contributed by atoms with Gasteiger partial charge in [0.05, 0.1) is 12.6 Å². The number of nitrogens with zero attached hydrogens (tertiary/aromatic N) is 2. The number of halogens is 1. The average Bonchev–Trinajstić information content (AvgIpc) is 3.53. The van der Waals surface area contributed by atoms with Crippen molar-refractivity contribution in [1.82, 2.24) is 9.80 Å². The molecule has 0 radical (unpaired) electrons. The van der Waals surface area contributed by atoms with Crippen LogP contribution >= 0.6 is 12.6 Å². The van der Waals surface area contributed by atoms with Crippen LogP contribution < -0.4 is 0 Å². The van der Waals surface area contributed by atoms with E-state index >= 15 is 0 Å². The minimum absolute atomic E-state index is 0.0274. The van der Waals surface area contributed by atoms with Crippen molar-refractivity contribution in [3.8, 4) is 0 Å². The summed E-state index contributed by atoms with van der Waals surface area (Å²) in [6.45, 7) is 5.62. The summed E-state index contributed by atoms with van der Waals surface area (Å²) in [4.78, 5) is 28.2. The molecule has 2 atom stereocenters. The third-order valence-electron chi connectivity index (χ3n) is 5.97. The van der Waals surface area contributed by atoms with Gasteiger partial charge in [-0.25, -0.2) is 4.39 Å². The molecule has 0 bridgehead atoms. The van der Waals surface area contributed by atoms with E-state index in [1.807, 2.05) is 24.8 Å². The Labute approximate surface area is 183 Å². The Hall–Kier alpha value is -1.70. The van der Waals surface area contributed by atoms with E-state index in [0.29, 0.717) is 25.2 Å². The maximum Gasteiger partial charge on any atom is 0.317 e. The fraction of sp³-hybridized carbons (Fsp3) is 0.565. The van der Waals surface area contributed by atoms with Crippen molar-refractivity contribution in [3.63, 3.8) is 0 Å². The molecule has 0 aromatic heterocycles. The van der Waals surface area contributed by atoms with Gasteiger partial charge in [-0.2, -0.15) is 12.6 Å². The van der Waals surface area contributed by atoms with E-state index in [1.165, 1.54) is 6.07 Å². The fourth-order valence-electron chi connectivity index (χ4n) is 4.00. The van der Waals surface area contributed by atoms with Crippen molar-refractivity contribution in [3.05, 3.63) is 47.3 Å². The van der Waals surface area contributed by atoms with Gasteiger partial charge in [0.25, 0.3) is 0 Å². The van der Waals surface area contributed by atoms with Crippen LogP contribution in [0.4, 0.5) is 4.39 Å². The number of carbonyl (C=O) groups excluding carboxylic acids is 1. The number of carboxylic acid groups (broad SMARTS) is 1. The number of aliphatic carboxylic acids is 1. The molecular weight excluding hydrogens is 403 g/mol. The first kappa shape index (κ1) is 23.0. The zero-order valence-corrected chi connectivity index (χ0v) is 18.5. The number of rotatable bonds is 9. The summed E-state index contributed by atoms with van der Waals surface area (Å²) < 4.78 is 14.6. The smallest absolute Gasteiger partial charge is 0.317 e. The average molecular weight is 435 g/mol. The van der Waals surface area contributed by atoms with Gasteiger partial charge in [-0.05, 0) is 44.7 Å². The normalized spacial score (nSPS) is 22.6. The number of hydrogen-bond donors (Lipinski definition) is 2. The molecule has 1 aliphatic carbocycles. The molecule has 5 nitrogen and oxygen atoms in total. The largest absolute Gasteiger partial charge is 0.480 e. The molecule has 1 aromatic carbocycles. The van der Waals surface area contributed by atoms with Crippen molar-refractivity contribution in [2.75, 3.05) is 26.2 Å². The Morgan fingerprint density at radius 3 is 2.60 bits per heavy atom. The molecule has 7 heteroatoms. The Morgan fingerprint density at radius 2 is 2.00 bits per heavy atom. The molecule has 1 aliphatic heterocycles. The van der Waals surface area contributed by atoms with Crippen molar-refractivity contribution in [2.24, 2.45) is 5.92 Å². The van der Waals surface area contributed by atoms with Gasteiger partial charge < -0.3 is 5.11 Å². The number of carbonyl (C=O) groups is 2. The van der Waals surface area contributed by atoms with E-state index in [2.05, 4.69) is 4.90 Å². The summed E-state index contributed by atoms with van der Waals surface area (Å²) in [7, 11) is 0. The molecule has 30 heavy (non-hydrogen) atoms. The summed E-state index contributed by atoms with van der Waals surface area (Å²) in [6, 6.07) is 6.06. The minimum atomic E-state index is -0.857. The van der Waals surface area contributed by atoms with Crippen molar-refractivity contribution in [2.45, 2.75) is 50.4 Å². The van der Waals surface area contributed by atoms with Crippen LogP contribution in [0.25, 0.3) is 0 Å². The number of Topliss-reactive ketones (excluding diaryl/α,β-unsaturated/α-hetero) is 1. The van der Waals surface area contributed by atoms with Gasteiger partial charge >= 0.3 is 5.97 Å². The summed E-state index contributed by atoms with van der Waals surface area (Å²) in [6.07, 6.45) is 4.56. The molecule has 1 N–H and O–H groups in total. The number of ketones is 1. The molecule has 164 valence electrons. The highest BCUT2D eigenvalue weighted by Crippen LogP contribution is 2.39. The SMILES string of the molecule is CC(C)N(C/C=C1\CN(C(C(=O)C2CC2)c2ccccc2F)CCC1S)CC(=O)O. The zero-order chi connectivity index (χ0) is 21.8. The number of thiol groups is 1. The number of piperidine rings is 1. The Balaban J connectivity index is 1.81. The summed E-state index contributed by atoms with van der Waals surface area (Å²) in [5.74, 6) is -1.07. The Kier molecular flexibility index (Phi) is 7.71. The van der Waals surface area contributed by atoms with Crippen molar-refractivity contribution in [1.29, 1.82) is 0 Å². The first-order valence-corrected chi connectivity index (χ1v) is 11.1. The highest BCUT2D eigenvalue weighted by Gasteiger charge is 2.40. The van der Waals surface area contributed by atoms with Crippen molar-refractivity contribution < 1.29 is 19.1 Å². The van der Waals surface area contributed by atoms with E-state index in [-0.39, 0.29) is 35.4 Å². The van der Waals surface area contributed by atoms with E-state index in [0.717, 1.165) is 24.8 Å². The molecule has 1 heterocycles. The topological polar surface area (TPSA) is 60.9 Å². The molecule has 2 unspecified atom stereocenters. The summed E-state index contributed by atoms with van der Waals surface area (Å²) in [5, 5.41) is 9.20. The molecule has 1 saturated heterocycles. The first-order chi connectivity index (χ1) is 14.3. The third kappa shape index (κ3) is 5.71. The lowest BCUT2D eigenvalue weighted by Crippen LogP contribution is -2.43. The number of likely N-dealkylation sites (tertiary alicyclic amines) is 1. The molecular formula is C23H31FN2O3S. The molecule has 1 aromatic rings. The maximum absolute atomic E-state index is 14.6. The first-order valence-electron chi connectivity index (χ1n) is 10.6. The van der Waals surface area contributed by atoms with E-state index in [1.54, 1.807) is 18.2 Å². The highest BCUT2D eigenvalue weighted by molar-refractivity contribution is 7.81. The minimum Gasteiger partial charge on any atom is -0.480 e. The maximum atomic E-state index is 14.6. The highest BCUT2D eigenvalue weighted by atomic mass is 32.1. The fourth-order valence-corrected chi connectivity index (χ4v) is 4.30. The molecule has 1 saturated carbocycles. The van der Waals surface area contributed by atoms with Gasteiger partial charge in [0.1, 0.15) is 5.82 Å². The monoisotopic (exact) mass is 434 g/mol. The van der Waals surface area contributed by atoms with Gasteiger partial charge in [-0.3, -0.25) is 19.4 Å². The predicted octanol–water partition coefficient (Wildman–Crippen LogP) is 3.57. The van der Waals surface area contributed by atoms with Crippen LogP contribution in [-0.2, 0) is 9.59 Å². The van der Waals surface area contributed by atoms with Crippen LogP contribution in [0.5, 0.6) is 0 Å². The van der Waals surface area contributed by atoms with Gasteiger partial charge in [-0.15, -0.1) is 0 Å². The number of hydrogen-bond acceptors (Lipinski definition) is 5.